The van der Waals surface area contributed by atoms with Crippen molar-refractivity contribution in [3.05, 3.63) is 75.8 Å². The lowest BCUT2D eigenvalue weighted by atomic mass is 9.85. The smallest absolute Gasteiger partial charge is 0.200 e. The molecule has 0 bridgehead atoms. The summed E-state index contributed by atoms with van der Waals surface area (Å²) in [7, 11) is 0. The van der Waals surface area contributed by atoms with E-state index in [0.717, 1.165) is 33.4 Å². The lowest BCUT2D eigenvalue weighted by molar-refractivity contribution is 0.103. The molecule has 0 radical (unpaired) electrons. The minimum absolute atomic E-state index is 0.0732. The Labute approximate surface area is 240 Å². The van der Waals surface area contributed by atoms with Gasteiger partial charge in [0.05, 0.1) is 36.4 Å². The fraction of sp³-hybridized carbons (Fsp3) is 0.375. The second kappa shape index (κ2) is 12.8. The van der Waals surface area contributed by atoms with Gasteiger partial charge in [-0.25, -0.2) is 0 Å². The van der Waals surface area contributed by atoms with E-state index in [-0.39, 0.29) is 19.0 Å². The minimum atomic E-state index is -0.0881. The zero-order chi connectivity index (χ0) is 28.9. The topological polar surface area (TPSA) is 121 Å². The van der Waals surface area contributed by atoms with Gasteiger partial charge in [-0.2, -0.15) is 5.10 Å². The number of carbonyl (C=O) groups excluding carboxylic acids is 1. The first kappa shape index (κ1) is 28.8. The molecule has 9 nitrogen and oxygen atoms in total. The first-order chi connectivity index (χ1) is 19.9. The van der Waals surface area contributed by atoms with Gasteiger partial charge in [0.15, 0.2) is 5.78 Å². The molecule has 0 unspecified atom stereocenters. The zero-order valence-corrected chi connectivity index (χ0v) is 24.0. The van der Waals surface area contributed by atoms with Crippen molar-refractivity contribution in [2.45, 2.75) is 33.9 Å². The summed E-state index contributed by atoms with van der Waals surface area (Å²) in [5.74, 6) is 0.457. The number of ether oxygens (including phenoxy) is 1. The summed E-state index contributed by atoms with van der Waals surface area (Å²) in [5.41, 5.74) is 8.97. The highest BCUT2D eigenvalue weighted by Crippen LogP contribution is 2.45. The van der Waals surface area contributed by atoms with E-state index in [0.29, 0.717) is 62.8 Å². The fourth-order valence-corrected chi connectivity index (χ4v) is 5.69. The minimum Gasteiger partial charge on any atom is -0.488 e. The van der Waals surface area contributed by atoms with Crippen molar-refractivity contribution in [2.75, 3.05) is 51.3 Å². The number of aryl methyl sites for hydroxylation is 3. The third-order valence-electron chi connectivity index (χ3n) is 7.56. The Kier molecular flexibility index (Phi) is 8.99. The quantitative estimate of drug-likeness (QED) is 0.132. The highest BCUT2D eigenvalue weighted by Gasteiger charge is 2.33. The Bertz CT molecular complexity index is 1540. The predicted octanol–water partition coefficient (Wildman–Crippen LogP) is 3.33. The average molecular weight is 558 g/mol. The van der Waals surface area contributed by atoms with Crippen LogP contribution in [0.5, 0.6) is 5.75 Å². The highest BCUT2D eigenvalue weighted by molar-refractivity contribution is 6.28. The highest BCUT2D eigenvalue weighted by atomic mass is 16.5. The third kappa shape index (κ3) is 5.85. The maximum atomic E-state index is 14.3. The van der Waals surface area contributed by atoms with Crippen LogP contribution in [0.1, 0.15) is 38.2 Å². The summed E-state index contributed by atoms with van der Waals surface area (Å²) in [6, 6.07) is 14.0. The summed E-state index contributed by atoms with van der Waals surface area (Å²) in [6.07, 6.45) is 0. The second-order valence-corrected chi connectivity index (χ2v) is 10.5. The normalized spacial score (nSPS) is 12.2. The van der Waals surface area contributed by atoms with Crippen LogP contribution in [-0.2, 0) is 13.2 Å². The number of nitrogens with one attached hydrogen (secondary N) is 3. The number of rotatable bonds is 14. The van der Waals surface area contributed by atoms with E-state index in [1.54, 1.807) is 0 Å². The Hall–Kier alpha value is -3.76. The van der Waals surface area contributed by atoms with Crippen LogP contribution in [0.2, 0.25) is 0 Å². The van der Waals surface area contributed by atoms with Crippen LogP contribution in [0, 0.1) is 20.8 Å². The molecule has 0 amide bonds. The Morgan fingerprint density at radius 1 is 0.878 bits per heavy atom. The first-order valence-corrected chi connectivity index (χ1v) is 14.2. The summed E-state index contributed by atoms with van der Waals surface area (Å²) in [6.45, 7) is 10.3. The number of nitrogens with zero attached hydrogens (tertiary/aromatic N) is 2. The molecule has 1 aliphatic carbocycles. The number of hydrogen-bond acceptors (Lipinski definition) is 8. The molecular weight excluding hydrogens is 518 g/mol. The number of carbonyl (C=O) groups is 1. The van der Waals surface area contributed by atoms with E-state index < -0.39 is 0 Å². The van der Waals surface area contributed by atoms with Crippen LogP contribution < -0.4 is 20.7 Å². The predicted molar refractivity (Wildman–Crippen MR) is 162 cm³/mol. The van der Waals surface area contributed by atoms with Crippen molar-refractivity contribution in [1.82, 2.24) is 20.4 Å². The second-order valence-electron chi connectivity index (χ2n) is 10.5. The molecule has 0 saturated carbocycles. The molecule has 0 aliphatic heterocycles. The van der Waals surface area contributed by atoms with Gasteiger partial charge in [0.25, 0.3) is 0 Å². The van der Waals surface area contributed by atoms with Crippen LogP contribution in [0.15, 0.2) is 42.5 Å². The number of anilines is 1. The van der Waals surface area contributed by atoms with Crippen molar-refractivity contribution >= 4 is 22.4 Å². The van der Waals surface area contributed by atoms with Crippen molar-refractivity contribution < 1.29 is 19.7 Å². The lowest BCUT2D eigenvalue weighted by Crippen LogP contribution is -2.25. The van der Waals surface area contributed by atoms with Gasteiger partial charge in [0.2, 0.25) is 0 Å². The average Bonchev–Trinajstić information content (AvgIpc) is 3.32. The number of fused-ring (bicyclic) bond motifs is 2. The van der Waals surface area contributed by atoms with Gasteiger partial charge in [-0.05, 0) is 55.7 Å². The van der Waals surface area contributed by atoms with Crippen LogP contribution in [-0.4, -0.2) is 71.7 Å². The maximum Gasteiger partial charge on any atom is 0.200 e. The molecular formula is C32H39N5O4. The molecule has 1 heterocycles. The largest absolute Gasteiger partial charge is 0.488 e. The van der Waals surface area contributed by atoms with E-state index in [9.17, 15) is 4.79 Å². The summed E-state index contributed by atoms with van der Waals surface area (Å²) >= 11 is 0. The van der Waals surface area contributed by atoms with Gasteiger partial charge in [-0.1, -0.05) is 29.8 Å². The van der Waals surface area contributed by atoms with Gasteiger partial charge < -0.3 is 30.9 Å². The van der Waals surface area contributed by atoms with Crippen LogP contribution in [0.3, 0.4) is 0 Å². The lowest BCUT2D eigenvalue weighted by Gasteiger charge is -2.21. The molecule has 1 aromatic heterocycles. The molecule has 41 heavy (non-hydrogen) atoms. The first-order valence-electron chi connectivity index (χ1n) is 14.2. The van der Waals surface area contributed by atoms with Gasteiger partial charge >= 0.3 is 0 Å². The van der Waals surface area contributed by atoms with Crippen LogP contribution in [0.25, 0.3) is 22.2 Å². The SMILES string of the molecule is Cc1cc(C)c(COc2cccc3c2C(=O)c2c(NCCNCCO)ccc4c2c-3nn4CCNCCO)c(C)c1. The van der Waals surface area contributed by atoms with Crippen molar-refractivity contribution in [3.63, 3.8) is 0 Å². The Morgan fingerprint density at radius 2 is 1.61 bits per heavy atom. The number of aliphatic hydroxyl groups is 2. The molecule has 1 aliphatic rings. The number of aliphatic hydroxyl groups excluding tert-OH is 2. The maximum absolute atomic E-state index is 14.3. The third-order valence-corrected chi connectivity index (χ3v) is 7.56. The molecule has 0 fully saturated rings. The number of benzene rings is 3. The monoisotopic (exact) mass is 557 g/mol. The number of ketones is 1. The molecule has 216 valence electrons. The van der Waals surface area contributed by atoms with Crippen LogP contribution in [0.4, 0.5) is 5.69 Å². The molecule has 4 aromatic rings. The molecule has 5 N–H and O–H groups in total. The summed E-state index contributed by atoms with van der Waals surface area (Å²) in [5, 5.41) is 33.8. The van der Waals surface area contributed by atoms with E-state index in [2.05, 4.69) is 48.9 Å². The fourth-order valence-electron chi connectivity index (χ4n) is 5.69. The van der Waals surface area contributed by atoms with Gasteiger partial charge in [0.1, 0.15) is 18.1 Å². The molecule has 0 spiro atoms. The molecule has 9 heteroatoms. The standard InChI is InChI=1S/C32H39N5O4/c1-20-17-21(2)24(22(3)18-20)19-41-27-6-4-5-23-28(27)32(40)29-25(35-10-9-33-12-15-38)7-8-26-30(29)31(23)36-37(26)14-11-34-13-16-39/h4-8,17-18,33-35,38-39H,9-16,19H2,1-3H3. The number of hydrogen-bond donors (Lipinski definition) is 5. The molecule has 5 rings (SSSR count). The zero-order valence-electron chi connectivity index (χ0n) is 24.0. The molecule has 3 aromatic carbocycles. The Morgan fingerprint density at radius 3 is 2.34 bits per heavy atom. The van der Waals surface area contributed by atoms with E-state index >= 15 is 0 Å². The van der Waals surface area contributed by atoms with Crippen molar-refractivity contribution in [3.8, 4) is 17.0 Å². The van der Waals surface area contributed by atoms with Gasteiger partial charge in [0, 0.05) is 49.4 Å². The summed E-state index contributed by atoms with van der Waals surface area (Å²) in [4.78, 5) is 14.3. The van der Waals surface area contributed by atoms with Crippen LogP contribution >= 0.6 is 0 Å². The van der Waals surface area contributed by atoms with E-state index in [4.69, 9.17) is 20.0 Å². The van der Waals surface area contributed by atoms with E-state index in [1.807, 2.05) is 35.0 Å². The van der Waals surface area contributed by atoms with Crippen molar-refractivity contribution in [1.29, 1.82) is 0 Å². The Balaban J connectivity index is 1.54. The van der Waals surface area contributed by atoms with Crippen molar-refractivity contribution in [2.24, 2.45) is 0 Å². The molecule has 0 saturated heterocycles. The number of aromatic nitrogens is 2. The summed E-state index contributed by atoms with van der Waals surface area (Å²) < 4.78 is 8.32. The van der Waals surface area contributed by atoms with Gasteiger partial charge in [-0.15, -0.1) is 0 Å². The van der Waals surface area contributed by atoms with E-state index in [1.165, 1.54) is 16.7 Å². The molecule has 0 atom stereocenters. The van der Waals surface area contributed by atoms with Gasteiger partial charge in [-0.3, -0.25) is 9.48 Å².